The minimum Gasteiger partial charge on any atom is -0.491 e. The topological polar surface area (TPSA) is 45.0 Å². The summed E-state index contributed by atoms with van der Waals surface area (Å²) in [5.74, 6) is 0.888. The fourth-order valence-electron chi connectivity index (χ4n) is 1.74. The quantitative estimate of drug-likeness (QED) is 0.820. The second-order valence-electron chi connectivity index (χ2n) is 4.27. The van der Waals surface area contributed by atoms with Crippen LogP contribution in [-0.2, 0) is 0 Å². The molecule has 0 heterocycles. The summed E-state index contributed by atoms with van der Waals surface area (Å²) in [6, 6.07) is 10.5. The third-order valence-electron chi connectivity index (χ3n) is 2.55. The zero-order valence-corrected chi connectivity index (χ0v) is 10.7. The molecule has 0 spiro atoms. The number of rotatable bonds is 6. The number of nitrogens with one attached hydrogen (secondary N) is 1. The molecule has 0 aliphatic heterocycles. The van der Waals surface area contributed by atoms with E-state index in [0.717, 1.165) is 12.2 Å². The minimum absolute atomic E-state index is 0.194. The second-order valence-corrected chi connectivity index (χ2v) is 4.27. The lowest BCUT2D eigenvalue weighted by atomic mass is 10.0. The third kappa shape index (κ3) is 4.46. The van der Waals surface area contributed by atoms with Gasteiger partial charge in [0.1, 0.15) is 5.75 Å². The van der Waals surface area contributed by atoms with Gasteiger partial charge in [0.2, 0.25) is 0 Å². The standard InChI is InChI=1S/C14H20N2O/c1-11(2)17-13-8-6-12(7-9-13)14(16-3)5-4-10-15/h6-9,11,14,16H,4-5H2,1-3H3. The Morgan fingerprint density at radius 2 is 1.94 bits per heavy atom. The first kappa shape index (κ1) is 13.5. The molecule has 92 valence electrons. The van der Waals surface area contributed by atoms with Crippen LogP contribution in [0.5, 0.6) is 5.75 Å². The van der Waals surface area contributed by atoms with E-state index in [2.05, 4.69) is 23.5 Å². The molecule has 1 N–H and O–H groups in total. The molecule has 0 fully saturated rings. The summed E-state index contributed by atoms with van der Waals surface area (Å²) in [7, 11) is 1.92. The average Bonchev–Trinajstić information content (AvgIpc) is 2.31. The maximum Gasteiger partial charge on any atom is 0.119 e. The Balaban J connectivity index is 2.68. The first-order valence-corrected chi connectivity index (χ1v) is 5.98. The summed E-state index contributed by atoms with van der Waals surface area (Å²) in [5.41, 5.74) is 1.19. The van der Waals surface area contributed by atoms with Gasteiger partial charge < -0.3 is 10.1 Å². The molecule has 1 atom stereocenters. The SMILES string of the molecule is CNC(CCC#N)c1ccc(OC(C)C)cc1. The van der Waals surface area contributed by atoms with Crippen molar-refractivity contribution in [1.29, 1.82) is 5.26 Å². The van der Waals surface area contributed by atoms with Crippen LogP contribution in [0.25, 0.3) is 0 Å². The lowest BCUT2D eigenvalue weighted by molar-refractivity contribution is 0.242. The summed E-state index contributed by atoms with van der Waals surface area (Å²) in [4.78, 5) is 0. The van der Waals surface area contributed by atoms with Crippen molar-refractivity contribution in [2.45, 2.75) is 38.8 Å². The molecule has 0 aliphatic carbocycles. The highest BCUT2D eigenvalue weighted by atomic mass is 16.5. The van der Waals surface area contributed by atoms with Crippen molar-refractivity contribution >= 4 is 0 Å². The molecule has 0 saturated heterocycles. The molecule has 1 unspecified atom stereocenters. The Hall–Kier alpha value is -1.53. The zero-order valence-electron chi connectivity index (χ0n) is 10.7. The zero-order chi connectivity index (χ0) is 12.7. The van der Waals surface area contributed by atoms with Crippen molar-refractivity contribution in [2.75, 3.05) is 7.05 Å². The number of ether oxygens (including phenoxy) is 1. The predicted octanol–water partition coefficient (Wildman–Crippen LogP) is 3.04. The van der Waals surface area contributed by atoms with Crippen LogP contribution in [0.4, 0.5) is 0 Å². The maximum absolute atomic E-state index is 8.60. The van der Waals surface area contributed by atoms with Crippen molar-refractivity contribution < 1.29 is 4.74 Å². The molecule has 1 aromatic rings. The van der Waals surface area contributed by atoms with Gasteiger partial charge in [-0.05, 0) is 45.0 Å². The number of nitrogens with zero attached hydrogens (tertiary/aromatic N) is 1. The van der Waals surface area contributed by atoms with Gasteiger partial charge in [-0.2, -0.15) is 5.26 Å². The van der Waals surface area contributed by atoms with Crippen LogP contribution >= 0.6 is 0 Å². The molecule has 1 rings (SSSR count). The Morgan fingerprint density at radius 3 is 2.41 bits per heavy atom. The highest BCUT2D eigenvalue weighted by Crippen LogP contribution is 2.21. The van der Waals surface area contributed by atoms with Gasteiger partial charge in [-0.25, -0.2) is 0 Å². The van der Waals surface area contributed by atoms with E-state index in [1.54, 1.807) is 0 Å². The molecule has 17 heavy (non-hydrogen) atoms. The van der Waals surface area contributed by atoms with Crippen molar-refractivity contribution in [3.8, 4) is 11.8 Å². The molecular formula is C14H20N2O. The Morgan fingerprint density at radius 1 is 1.29 bits per heavy atom. The van der Waals surface area contributed by atoms with Crippen LogP contribution in [0.1, 0.15) is 38.3 Å². The van der Waals surface area contributed by atoms with E-state index in [9.17, 15) is 0 Å². The second kappa shape index (κ2) is 6.93. The lowest BCUT2D eigenvalue weighted by Crippen LogP contribution is -2.16. The van der Waals surface area contributed by atoms with Gasteiger partial charge >= 0.3 is 0 Å². The number of benzene rings is 1. The van der Waals surface area contributed by atoms with Crippen molar-refractivity contribution in [1.82, 2.24) is 5.32 Å². The largest absolute Gasteiger partial charge is 0.491 e. The molecule has 3 heteroatoms. The third-order valence-corrected chi connectivity index (χ3v) is 2.55. The molecule has 0 aromatic heterocycles. The van der Waals surface area contributed by atoms with Crippen molar-refractivity contribution in [3.63, 3.8) is 0 Å². The van der Waals surface area contributed by atoms with Crippen LogP contribution < -0.4 is 10.1 Å². The summed E-state index contributed by atoms with van der Waals surface area (Å²) in [5, 5.41) is 11.8. The van der Waals surface area contributed by atoms with Gasteiger partial charge in [-0.1, -0.05) is 12.1 Å². The summed E-state index contributed by atoms with van der Waals surface area (Å²) < 4.78 is 5.59. The van der Waals surface area contributed by atoms with Gasteiger partial charge in [0, 0.05) is 12.5 Å². The van der Waals surface area contributed by atoms with Crippen molar-refractivity contribution in [3.05, 3.63) is 29.8 Å². The van der Waals surface area contributed by atoms with E-state index in [4.69, 9.17) is 10.00 Å². The van der Waals surface area contributed by atoms with E-state index < -0.39 is 0 Å². The van der Waals surface area contributed by atoms with Crippen LogP contribution in [0.2, 0.25) is 0 Å². The van der Waals surface area contributed by atoms with Crippen LogP contribution in [0.15, 0.2) is 24.3 Å². The van der Waals surface area contributed by atoms with Gasteiger partial charge in [-0.15, -0.1) is 0 Å². The van der Waals surface area contributed by atoms with Crippen LogP contribution in [0.3, 0.4) is 0 Å². The Labute approximate surface area is 103 Å². The van der Waals surface area contributed by atoms with Crippen molar-refractivity contribution in [2.24, 2.45) is 0 Å². The molecule has 0 amide bonds. The van der Waals surface area contributed by atoms with E-state index in [0.29, 0.717) is 6.42 Å². The predicted molar refractivity (Wildman–Crippen MR) is 68.9 cm³/mol. The average molecular weight is 232 g/mol. The smallest absolute Gasteiger partial charge is 0.119 e. The molecule has 3 nitrogen and oxygen atoms in total. The van der Waals surface area contributed by atoms with Gasteiger partial charge in [0.25, 0.3) is 0 Å². The number of hydrogen-bond donors (Lipinski definition) is 1. The lowest BCUT2D eigenvalue weighted by Gasteiger charge is -2.16. The highest BCUT2D eigenvalue weighted by molar-refractivity contribution is 5.29. The molecular weight excluding hydrogens is 212 g/mol. The van der Waals surface area contributed by atoms with E-state index in [1.807, 2.05) is 33.0 Å². The highest BCUT2D eigenvalue weighted by Gasteiger charge is 2.08. The summed E-state index contributed by atoms with van der Waals surface area (Å²) in [6.45, 7) is 4.02. The fourth-order valence-corrected chi connectivity index (χ4v) is 1.74. The van der Waals surface area contributed by atoms with Gasteiger partial charge in [0.15, 0.2) is 0 Å². The van der Waals surface area contributed by atoms with Gasteiger partial charge in [-0.3, -0.25) is 0 Å². The van der Waals surface area contributed by atoms with E-state index >= 15 is 0 Å². The summed E-state index contributed by atoms with van der Waals surface area (Å²) in [6.07, 6.45) is 1.59. The normalized spacial score (nSPS) is 12.2. The summed E-state index contributed by atoms with van der Waals surface area (Å²) >= 11 is 0. The van der Waals surface area contributed by atoms with E-state index in [-0.39, 0.29) is 12.1 Å². The Kier molecular flexibility index (Phi) is 5.51. The minimum atomic E-state index is 0.194. The molecule has 0 saturated carbocycles. The molecule has 0 aliphatic rings. The van der Waals surface area contributed by atoms with Crippen LogP contribution in [0, 0.1) is 11.3 Å². The molecule has 1 aromatic carbocycles. The van der Waals surface area contributed by atoms with Crippen LogP contribution in [-0.4, -0.2) is 13.2 Å². The first-order chi connectivity index (χ1) is 8.17. The number of nitriles is 1. The first-order valence-electron chi connectivity index (χ1n) is 5.98. The maximum atomic E-state index is 8.60. The Bertz CT molecular complexity index is 365. The van der Waals surface area contributed by atoms with Gasteiger partial charge in [0.05, 0.1) is 12.2 Å². The molecule has 0 radical (unpaired) electrons. The fraction of sp³-hybridized carbons (Fsp3) is 0.500. The molecule has 0 bridgehead atoms. The monoisotopic (exact) mass is 232 g/mol. The van der Waals surface area contributed by atoms with E-state index in [1.165, 1.54) is 5.56 Å². The number of hydrogen-bond acceptors (Lipinski definition) is 3.